The average molecular weight is 321 g/mol. The molecule has 2 aromatic carbocycles. The van der Waals surface area contributed by atoms with E-state index < -0.39 is 0 Å². The summed E-state index contributed by atoms with van der Waals surface area (Å²) >= 11 is 0. The lowest BCUT2D eigenvalue weighted by Gasteiger charge is -2.14. The molecule has 1 aromatic heterocycles. The zero-order valence-electron chi connectivity index (χ0n) is 13.6. The summed E-state index contributed by atoms with van der Waals surface area (Å²) in [5.41, 5.74) is 9.53. The van der Waals surface area contributed by atoms with Crippen LogP contribution in [0.15, 0.2) is 54.9 Å². The van der Waals surface area contributed by atoms with E-state index in [-0.39, 0.29) is 0 Å². The number of nitrogens with two attached hydrogens (primary N) is 1. The highest BCUT2D eigenvalue weighted by Crippen LogP contribution is 2.31. The molecular formula is C18H19N5O. The van der Waals surface area contributed by atoms with Crippen LogP contribution in [-0.2, 0) is 0 Å². The molecule has 0 atom stereocenters. The van der Waals surface area contributed by atoms with Crippen LogP contribution in [0.4, 0.5) is 28.7 Å². The Morgan fingerprint density at radius 1 is 0.917 bits per heavy atom. The first-order valence-corrected chi connectivity index (χ1v) is 7.51. The van der Waals surface area contributed by atoms with Crippen LogP contribution in [0, 0.1) is 6.92 Å². The van der Waals surface area contributed by atoms with Crippen molar-refractivity contribution in [3.05, 3.63) is 60.4 Å². The number of hydrogen-bond acceptors (Lipinski definition) is 6. The highest BCUT2D eigenvalue weighted by molar-refractivity contribution is 5.81. The average Bonchev–Trinajstić information content (AvgIpc) is 2.61. The quantitative estimate of drug-likeness (QED) is 0.661. The van der Waals surface area contributed by atoms with Crippen LogP contribution < -0.4 is 21.1 Å². The maximum atomic E-state index is 6.21. The van der Waals surface area contributed by atoms with Crippen LogP contribution in [0.1, 0.15) is 5.56 Å². The lowest BCUT2D eigenvalue weighted by molar-refractivity contribution is 0.417. The molecule has 0 unspecified atom stereocenters. The molecule has 4 N–H and O–H groups in total. The van der Waals surface area contributed by atoms with Gasteiger partial charge in [0.2, 0.25) is 0 Å². The Bertz CT molecular complexity index is 833. The molecule has 0 saturated heterocycles. The number of anilines is 5. The minimum Gasteiger partial charge on any atom is -0.495 e. The molecular weight excluding hydrogens is 302 g/mol. The molecule has 3 aromatic rings. The molecule has 0 aliphatic rings. The summed E-state index contributed by atoms with van der Waals surface area (Å²) in [6.45, 7) is 2.04. The first-order valence-electron chi connectivity index (χ1n) is 7.51. The number of ether oxygens (including phenoxy) is 1. The Labute approximate surface area is 140 Å². The van der Waals surface area contributed by atoms with Crippen LogP contribution in [0.3, 0.4) is 0 Å². The Kier molecular flexibility index (Phi) is 4.47. The molecule has 0 spiro atoms. The van der Waals surface area contributed by atoms with E-state index in [4.69, 9.17) is 10.5 Å². The van der Waals surface area contributed by atoms with Crippen LogP contribution in [0.5, 0.6) is 5.75 Å². The maximum Gasteiger partial charge on any atom is 0.159 e. The smallest absolute Gasteiger partial charge is 0.159 e. The van der Waals surface area contributed by atoms with Gasteiger partial charge in [-0.15, -0.1) is 0 Å². The lowest BCUT2D eigenvalue weighted by atomic mass is 10.2. The van der Waals surface area contributed by atoms with Crippen molar-refractivity contribution in [3.8, 4) is 5.75 Å². The highest BCUT2D eigenvalue weighted by Gasteiger charge is 2.10. The van der Waals surface area contributed by atoms with Gasteiger partial charge in [-0.05, 0) is 31.2 Å². The zero-order chi connectivity index (χ0) is 16.9. The molecule has 0 fully saturated rings. The number of aromatic nitrogens is 2. The SMILES string of the molecule is COc1ccccc1Nc1ncnc(Nc2ccc(C)cc2)c1N. The third-order valence-corrected chi connectivity index (χ3v) is 3.56. The van der Waals surface area contributed by atoms with E-state index in [1.54, 1.807) is 7.11 Å². The van der Waals surface area contributed by atoms with E-state index in [2.05, 4.69) is 20.6 Å². The third-order valence-electron chi connectivity index (χ3n) is 3.56. The number of para-hydroxylation sites is 2. The van der Waals surface area contributed by atoms with E-state index in [0.717, 1.165) is 11.4 Å². The summed E-state index contributed by atoms with van der Waals surface area (Å²) in [7, 11) is 1.62. The predicted octanol–water partition coefficient (Wildman–Crippen LogP) is 3.86. The van der Waals surface area contributed by atoms with E-state index in [1.165, 1.54) is 11.9 Å². The van der Waals surface area contributed by atoms with Crippen LogP contribution in [-0.4, -0.2) is 17.1 Å². The Morgan fingerprint density at radius 2 is 1.58 bits per heavy atom. The summed E-state index contributed by atoms with van der Waals surface area (Å²) < 4.78 is 5.33. The normalized spacial score (nSPS) is 10.2. The fourth-order valence-corrected chi connectivity index (χ4v) is 2.24. The van der Waals surface area contributed by atoms with E-state index in [1.807, 2.05) is 55.5 Å². The number of nitrogens with zero attached hydrogens (tertiary/aromatic N) is 2. The van der Waals surface area contributed by atoms with Crippen molar-refractivity contribution in [1.82, 2.24) is 9.97 Å². The first kappa shape index (κ1) is 15.6. The van der Waals surface area contributed by atoms with Crippen molar-refractivity contribution in [2.24, 2.45) is 0 Å². The van der Waals surface area contributed by atoms with Gasteiger partial charge in [-0.1, -0.05) is 29.8 Å². The van der Waals surface area contributed by atoms with Gasteiger partial charge in [-0.2, -0.15) is 0 Å². The number of methoxy groups -OCH3 is 1. The molecule has 3 rings (SSSR count). The molecule has 6 heteroatoms. The van der Waals surface area contributed by atoms with Crippen LogP contribution in [0.25, 0.3) is 0 Å². The number of nitrogens with one attached hydrogen (secondary N) is 2. The lowest BCUT2D eigenvalue weighted by Crippen LogP contribution is -2.05. The van der Waals surface area contributed by atoms with Gasteiger partial charge in [0.25, 0.3) is 0 Å². The number of rotatable bonds is 5. The van der Waals surface area contributed by atoms with Crippen molar-refractivity contribution >= 4 is 28.7 Å². The van der Waals surface area contributed by atoms with Crippen LogP contribution in [0.2, 0.25) is 0 Å². The van der Waals surface area contributed by atoms with Crippen LogP contribution >= 0.6 is 0 Å². The minimum atomic E-state index is 0.434. The number of benzene rings is 2. The fourth-order valence-electron chi connectivity index (χ4n) is 2.24. The Morgan fingerprint density at radius 3 is 2.29 bits per heavy atom. The first-order chi connectivity index (χ1) is 11.7. The summed E-state index contributed by atoms with van der Waals surface area (Å²) in [5.74, 6) is 1.78. The van der Waals surface area contributed by atoms with Crippen molar-refractivity contribution in [2.45, 2.75) is 6.92 Å². The van der Waals surface area contributed by atoms with Gasteiger partial charge in [0.05, 0.1) is 12.8 Å². The molecule has 0 amide bonds. The second kappa shape index (κ2) is 6.87. The van der Waals surface area contributed by atoms with Crippen molar-refractivity contribution in [3.63, 3.8) is 0 Å². The molecule has 0 radical (unpaired) electrons. The molecule has 122 valence electrons. The predicted molar refractivity (Wildman–Crippen MR) is 97.2 cm³/mol. The van der Waals surface area contributed by atoms with Gasteiger partial charge in [-0.25, -0.2) is 9.97 Å². The molecule has 0 saturated carbocycles. The fraction of sp³-hybridized carbons (Fsp3) is 0.111. The Balaban J connectivity index is 1.86. The van der Waals surface area contributed by atoms with Crippen molar-refractivity contribution < 1.29 is 4.74 Å². The van der Waals surface area contributed by atoms with Gasteiger partial charge < -0.3 is 21.1 Å². The molecule has 0 aliphatic carbocycles. The molecule has 0 aliphatic heterocycles. The maximum absolute atomic E-state index is 6.21. The molecule has 1 heterocycles. The van der Waals surface area contributed by atoms with Gasteiger partial charge in [0.1, 0.15) is 17.8 Å². The summed E-state index contributed by atoms with van der Waals surface area (Å²) in [6.07, 6.45) is 1.46. The van der Waals surface area contributed by atoms with E-state index in [9.17, 15) is 0 Å². The van der Waals surface area contributed by atoms with Crippen molar-refractivity contribution in [1.29, 1.82) is 0 Å². The summed E-state index contributed by atoms with van der Waals surface area (Å²) in [5, 5.41) is 6.39. The molecule has 6 nitrogen and oxygen atoms in total. The summed E-state index contributed by atoms with van der Waals surface area (Å²) in [6, 6.07) is 15.6. The second-order valence-corrected chi connectivity index (χ2v) is 5.30. The number of aryl methyl sites for hydroxylation is 1. The number of hydrogen-bond donors (Lipinski definition) is 3. The van der Waals surface area contributed by atoms with Gasteiger partial charge in [0.15, 0.2) is 11.6 Å². The molecule has 24 heavy (non-hydrogen) atoms. The molecule has 0 bridgehead atoms. The topological polar surface area (TPSA) is 85.1 Å². The Hall–Kier alpha value is -3.28. The number of nitrogen functional groups attached to an aromatic ring is 1. The highest BCUT2D eigenvalue weighted by atomic mass is 16.5. The van der Waals surface area contributed by atoms with Gasteiger partial charge in [-0.3, -0.25) is 0 Å². The van der Waals surface area contributed by atoms with E-state index >= 15 is 0 Å². The standard InChI is InChI=1S/C18H19N5O/c1-12-7-9-13(10-8-12)22-17-16(19)18(21-11-20-17)23-14-5-3-4-6-15(14)24-2/h3-11H,19H2,1-2H3,(H2,20,21,22,23). The third kappa shape index (κ3) is 3.38. The van der Waals surface area contributed by atoms with Gasteiger partial charge >= 0.3 is 0 Å². The second-order valence-electron chi connectivity index (χ2n) is 5.30. The largest absolute Gasteiger partial charge is 0.495 e. The van der Waals surface area contributed by atoms with Crippen molar-refractivity contribution in [2.75, 3.05) is 23.5 Å². The zero-order valence-corrected chi connectivity index (χ0v) is 13.6. The van der Waals surface area contributed by atoms with Gasteiger partial charge in [0, 0.05) is 5.69 Å². The summed E-state index contributed by atoms with van der Waals surface area (Å²) in [4.78, 5) is 8.44. The van der Waals surface area contributed by atoms with E-state index in [0.29, 0.717) is 23.1 Å². The monoisotopic (exact) mass is 321 g/mol. The minimum absolute atomic E-state index is 0.434.